The summed E-state index contributed by atoms with van der Waals surface area (Å²) in [6.07, 6.45) is 0. The summed E-state index contributed by atoms with van der Waals surface area (Å²) in [5.74, 6) is 0. The second-order valence-electron chi connectivity index (χ2n) is 3.42. The molecular weight excluding hydrogens is 200 g/mol. The van der Waals surface area contributed by atoms with Crippen LogP contribution >= 0.6 is 11.3 Å². The Bertz CT molecular complexity index is 578. The molecule has 3 aromatic rings. The summed E-state index contributed by atoms with van der Waals surface area (Å²) in [5.41, 5.74) is 2.57. The molecule has 2 aromatic carbocycles. The second kappa shape index (κ2) is 3.52. The molecule has 0 bridgehead atoms. The van der Waals surface area contributed by atoms with Crippen molar-refractivity contribution in [2.75, 3.05) is 0 Å². The molecule has 0 unspecified atom stereocenters. The van der Waals surface area contributed by atoms with E-state index in [9.17, 15) is 0 Å². The van der Waals surface area contributed by atoms with Gasteiger partial charge in [0.1, 0.15) is 0 Å². The third-order valence-corrected chi connectivity index (χ3v) is 3.35. The molecule has 0 aliphatic heterocycles. The monoisotopic (exact) mass is 209 g/mol. The van der Waals surface area contributed by atoms with Crippen LogP contribution in [0.3, 0.4) is 0 Å². The Labute approximate surface area is 92.8 Å². The third-order valence-electron chi connectivity index (χ3n) is 2.50. The number of hydrogen-bond acceptors (Lipinski definition) is 1. The van der Waals surface area contributed by atoms with Crippen LogP contribution in [0.5, 0.6) is 0 Å². The topological polar surface area (TPSA) is 0 Å². The van der Waals surface area contributed by atoms with Crippen molar-refractivity contribution in [2.45, 2.75) is 0 Å². The minimum Gasteiger partial charge on any atom is -0.143 e. The molecule has 0 aliphatic rings. The van der Waals surface area contributed by atoms with E-state index in [1.165, 1.54) is 21.2 Å². The molecule has 0 nitrogen and oxygen atoms in total. The van der Waals surface area contributed by atoms with E-state index < -0.39 is 0 Å². The molecule has 1 heterocycles. The zero-order chi connectivity index (χ0) is 10.1. The first kappa shape index (κ1) is 8.69. The van der Waals surface area contributed by atoms with Gasteiger partial charge in [0, 0.05) is 16.2 Å². The van der Waals surface area contributed by atoms with Crippen molar-refractivity contribution in [1.82, 2.24) is 0 Å². The highest BCUT2D eigenvalue weighted by Crippen LogP contribution is 2.30. The van der Waals surface area contributed by atoms with E-state index in [0.29, 0.717) is 0 Å². The fourth-order valence-corrected chi connectivity index (χ4v) is 2.57. The van der Waals surface area contributed by atoms with Crippen LogP contribution < -0.4 is 0 Å². The Balaban J connectivity index is 2.31. The van der Waals surface area contributed by atoms with E-state index in [4.69, 9.17) is 0 Å². The Morgan fingerprint density at radius 1 is 0.933 bits per heavy atom. The Morgan fingerprint density at radius 3 is 2.67 bits per heavy atom. The zero-order valence-corrected chi connectivity index (χ0v) is 8.92. The highest BCUT2D eigenvalue weighted by Gasteiger charge is 2.03. The predicted molar refractivity (Wildman–Crippen MR) is 66.1 cm³/mol. The van der Waals surface area contributed by atoms with Gasteiger partial charge in [-0.05, 0) is 22.6 Å². The largest absolute Gasteiger partial charge is 0.143 e. The molecule has 1 radical (unpaired) electrons. The van der Waals surface area contributed by atoms with Crippen molar-refractivity contribution in [3.8, 4) is 11.1 Å². The summed E-state index contributed by atoms with van der Waals surface area (Å²) in [5, 5.41) is 3.42. The second-order valence-corrected chi connectivity index (χ2v) is 4.34. The average molecular weight is 209 g/mol. The lowest BCUT2D eigenvalue weighted by atomic mass is 10.0. The first-order valence-electron chi connectivity index (χ1n) is 4.88. The van der Waals surface area contributed by atoms with Crippen LogP contribution in [-0.2, 0) is 0 Å². The molecule has 71 valence electrons. The molecule has 0 atom stereocenters. The van der Waals surface area contributed by atoms with Crippen LogP contribution in [0, 0.1) is 6.07 Å². The summed E-state index contributed by atoms with van der Waals surface area (Å²) in [6, 6.07) is 20.0. The van der Waals surface area contributed by atoms with Gasteiger partial charge in [0.05, 0.1) is 0 Å². The Kier molecular flexibility index (Phi) is 2.04. The fraction of sp³-hybridized carbons (Fsp3) is 0. The van der Waals surface area contributed by atoms with Crippen molar-refractivity contribution < 1.29 is 0 Å². The van der Waals surface area contributed by atoms with Gasteiger partial charge in [-0.3, -0.25) is 0 Å². The quantitative estimate of drug-likeness (QED) is 0.558. The van der Waals surface area contributed by atoms with Gasteiger partial charge >= 0.3 is 0 Å². The highest BCUT2D eigenvalue weighted by molar-refractivity contribution is 7.17. The summed E-state index contributed by atoms with van der Waals surface area (Å²) in [4.78, 5) is 0. The molecule has 3 rings (SSSR count). The summed E-state index contributed by atoms with van der Waals surface area (Å²) < 4.78 is 1.23. The van der Waals surface area contributed by atoms with Gasteiger partial charge in [0.2, 0.25) is 0 Å². The van der Waals surface area contributed by atoms with Gasteiger partial charge in [-0.15, -0.1) is 11.3 Å². The lowest BCUT2D eigenvalue weighted by Crippen LogP contribution is -1.76. The van der Waals surface area contributed by atoms with Crippen molar-refractivity contribution >= 4 is 21.4 Å². The Hall–Kier alpha value is -1.60. The molecule has 0 N–H and O–H groups in total. The number of hydrogen-bond donors (Lipinski definition) is 0. The van der Waals surface area contributed by atoms with Gasteiger partial charge in [-0.1, -0.05) is 42.5 Å². The van der Waals surface area contributed by atoms with Crippen LogP contribution in [0.25, 0.3) is 21.2 Å². The maximum atomic E-state index is 3.26. The lowest BCUT2D eigenvalue weighted by Gasteiger charge is -2.02. The van der Waals surface area contributed by atoms with Crippen LogP contribution in [0.15, 0.2) is 53.9 Å². The molecular formula is C14H9S. The molecule has 1 heteroatoms. The van der Waals surface area contributed by atoms with Gasteiger partial charge < -0.3 is 0 Å². The molecule has 0 spiro atoms. The molecule has 0 fully saturated rings. The smallest absolute Gasteiger partial charge is 0.0427 e. The standard InChI is InChI=1S/C14H9S/c1-2-5-11(6-3-1)12-7-4-8-14-13(12)9-10-15-14/h1-7,9-10H. The molecule has 0 aliphatic carbocycles. The number of rotatable bonds is 1. The van der Waals surface area contributed by atoms with Gasteiger partial charge in [0.25, 0.3) is 0 Å². The SMILES string of the molecule is [c]1ccc(-c2ccccc2)c2ccsc12. The maximum absolute atomic E-state index is 3.26. The number of thiophene rings is 1. The van der Waals surface area contributed by atoms with E-state index in [2.05, 4.69) is 47.8 Å². The van der Waals surface area contributed by atoms with Crippen molar-refractivity contribution in [3.63, 3.8) is 0 Å². The number of benzene rings is 2. The first-order valence-corrected chi connectivity index (χ1v) is 5.76. The van der Waals surface area contributed by atoms with Gasteiger partial charge in [-0.2, -0.15) is 0 Å². The summed E-state index contributed by atoms with van der Waals surface area (Å²) in [7, 11) is 0. The summed E-state index contributed by atoms with van der Waals surface area (Å²) >= 11 is 1.74. The molecule has 0 saturated heterocycles. The first-order chi connectivity index (χ1) is 7.45. The van der Waals surface area contributed by atoms with Crippen molar-refractivity contribution in [1.29, 1.82) is 0 Å². The van der Waals surface area contributed by atoms with Crippen molar-refractivity contribution in [2.24, 2.45) is 0 Å². The number of fused-ring (bicyclic) bond motifs is 1. The normalized spacial score (nSPS) is 10.7. The van der Waals surface area contributed by atoms with E-state index in [0.717, 1.165) is 0 Å². The fourth-order valence-electron chi connectivity index (χ4n) is 1.79. The van der Waals surface area contributed by atoms with Crippen LogP contribution in [0.1, 0.15) is 0 Å². The minimum absolute atomic E-state index is 1.23. The lowest BCUT2D eigenvalue weighted by molar-refractivity contribution is 1.66. The van der Waals surface area contributed by atoms with Gasteiger partial charge in [-0.25, -0.2) is 0 Å². The molecule has 0 saturated carbocycles. The van der Waals surface area contributed by atoms with E-state index in [-0.39, 0.29) is 0 Å². The van der Waals surface area contributed by atoms with E-state index in [1.54, 1.807) is 11.3 Å². The third kappa shape index (κ3) is 1.45. The van der Waals surface area contributed by atoms with E-state index in [1.807, 2.05) is 12.1 Å². The molecule has 0 amide bonds. The minimum atomic E-state index is 1.23. The molecule has 15 heavy (non-hydrogen) atoms. The highest BCUT2D eigenvalue weighted by atomic mass is 32.1. The molecule has 1 aromatic heterocycles. The zero-order valence-electron chi connectivity index (χ0n) is 8.10. The van der Waals surface area contributed by atoms with Crippen LogP contribution in [0.4, 0.5) is 0 Å². The average Bonchev–Trinajstić information content (AvgIpc) is 2.78. The van der Waals surface area contributed by atoms with E-state index >= 15 is 0 Å². The summed E-state index contributed by atoms with van der Waals surface area (Å²) in [6.45, 7) is 0. The Morgan fingerprint density at radius 2 is 1.80 bits per heavy atom. The maximum Gasteiger partial charge on any atom is 0.0427 e. The van der Waals surface area contributed by atoms with Crippen molar-refractivity contribution in [3.05, 3.63) is 60.0 Å². The predicted octanol–water partition coefficient (Wildman–Crippen LogP) is 4.37. The van der Waals surface area contributed by atoms with Crippen LogP contribution in [-0.4, -0.2) is 0 Å². The van der Waals surface area contributed by atoms with Gasteiger partial charge in [0.15, 0.2) is 0 Å². The van der Waals surface area contributed by atoms with Crippen LogP contribution in [0.2, 0.25) is 0 Å².